The van der Waals surface area contributed by atoms with Crippen molar-refractivity contribution in [1.82, 2.24) is 25.1 Å². The van der Waals surface area contributed by atoms with Crippen LogP contribution in [-0.2, 0) is 6.54 Å². The van der Waals surface area contributed by atoms with Gasteiger partial charge >= 0.3 is 0 Å². The molecule has 0 bridgehead atoms. The number of nitrogens with zero attached hydrogens (tertiary/aromatic N) is 5. The van der Waals surface area contributed by atoms with Crippen molar-refractivity contribution in [3.8, 4) is 11.5 Å². The summed E-state index contributed by atoms with van der Waals surface area (Å²) in [7, 11) is 3.11. The summed E-state index contributed by atoms with van der Waals surface area (Å²) < 4.78 is 12.4. The largest absolute Gasteiger partial charge is 0.493 e. The highest BCUT2D eigenvalue weighted by molar-refractivity contribution is 7.99. The number of nitrogens with one attached hydrogen (secondary N) is 1. The fourth-order valence-corrected chi connectivity index (χ4v) is 4.36. The fraction of sp³-hybridized carbons (Fsp3) is 0.455. The zero-order valence-electron chi connectivity index (χ0n) is 18.6. The van der Waals surface area contributed by atoms with Crippen LogP contribution in [0.3, 0.4) is 0 Å². The minimum atomic E-state index is -0.183. The summed E-state index contributed by atoms with van der Waals surface area (Å²) in [5.41, 5.74) is 1.31. The Kier molecular flexibility index (Phi) is 6.99. The van der Waals surface area contributed by atoms with Gasteiger partial charge in [0, 0.05) is 25.2 Å². The molecule has 32 heavy (non-hydrogen) atoms. The van der Waals surface area contributed by atoms with Gasteiger partial charge in [-0.1, -0.05) is 18.7 Å². The van der Waals surface area contributed by atoms with Gasteiger partial charge in [0.05, 0.1) is 32.3 Å². The number of carbonyl (C=O) groups excluding carboxylic acids is 1. The maximum atomic E-state index is 12.6. The van der Waals surface area contributed by atoms with Crippen LogP contribution in [0.25, 0.3) is 11.0 Å². The van der Waals surface area contributed by atoms with Crippen LogP contribution in [0.5, 0.6) is 11.5 Å². The van der Waals surface area contributed by atoms with Gasteiger partial charge in [0.1, 0.15) is 5.82 Å². The Balaban J connectivity index is 1.49. The number of fused-ring (bicyclic) bond motifs is 1. The number of anilines is 1. The fourth-order valence-electron chi connectivity index (χ4n) is 3.80. The molecule has 0 spiro atoms. The number of hydrogen-bond donors (Lipinski definition) is 1. The summed E-state index contributed by atoms with van der Waals surface area (Å²) >= 11 is 1.63. The zero-order valence-corrected chi connectivity index (χ0v) is 19.4. The Morgan fingerprint density at radius 1 is 1.16 bits per heavy atom. The maximum absolute atomic E-state index is 12.6. The second kappa shape index (κ2) is 10.1. The normalized spacial score (nSPS) is 13.5. The quantitative estimate of drug-likeness (QED) is 0.388. The van der Waals surface area contributed by atoms with Crippen molar-refractivity contribution in [2.45, 2.75) is 31.5 Å². The molecular weight excluding hydrogens is 428 g/mol. The molecule has 1 N–H and O–H groups in total. The van der Waals surface area contributed by atoms with Crippen molar-refractivity contribution in [3.63, 3.8) is 0 Å². The second-order valence-electron chi connectivity index (χ2n) is 7.39. The molecule has 1 saturated heterocycles. The average Bonchev–Trinajstić information content (AvgIpc) is 3.49. The average molecular weight is 457 g/mol. The van der Waals surface area contributed by atoms with Gasteiger partial charge in [-0.3, -0.25) is 4.79 Å². The third-order valence-electron chi connectivity index (χ3n) is 5.39. The molecule has 4 rings (SSSR count). The van der Waals surface area contributed by atoms with Crippen molar-refractivity contribution in [2.24, 2.45) is 0 Å². The van der Waals surface area contributed by atoms with Crippen LogP contribution in [-0.4, -0.2) is 65.3 Å². The number of benzene rings is 1. The Bertz CT molecular complexity index is 1100. The summed E-state index contributed by atoms with van der Waals surface area (Å²) in [6.45, 7) is 5.04. The molecule has 1 amide bonds. The molecule has 0 unspecified atom stereocenters. The SMILES string of the molecule is CCSc1nc(N2CCCC2)c2cnn(CCNC(=O)c3ccc(OC)c(OC)c3)c2n1. The number of rotatable bonds is 9. The van der Waals surface area contributed by atoms with Crippen molar-refractivity contribution in [3.05, 3.63) is 30.0 Å². The lowest BCUT2D eigenvalue weighted by molar-refractivity contribution is 0.0951. The predicted molar refractivity (Wildman–Crippen MR) is 125 cm³/mol. The third kappa shape index (κ3) is 4.59. The molecule has 9 nitrogen and oxygen atoms in total. The number of methoxy groups -OCH3 is 2. The van der Waals surface area contributed by atoms with Crippen LogP contribution in [0.2, 0.25) is 0 Å². The van der Waals surface area contributed by atoms with E-state index in [2.05, 4.69) is 22.2 Å². The van der Waals surface area contributed by atoms with Crippen LogP contribution in [0.1, 0.15) is 30.1 Å². The van der Waals surface area contributed by atoms with Crippen LogP contribution < -0.4 is 19.7 Å². The van der Waals surface area contributed by atoms with Crippen LogP contribution in [0.4, 0.5) is 5.82 Å². The van der Waals surface area contributed by atoms with Gasteiger partial charge in [0.2, 0.25) is 0 Å². The number of aromatic nitrogens is 4. The molecule has 1 aliphatic heterocycles. The van der Waals surface area contributed by atoms with Gasteiger partial charge in [-0.25, -0.2) is 14.6 Å². The lowest BCUT2D eigenvalue weighted by Gasteiger charge is -2.17. The zero-order chi connectivity index (χ0) is 22.5. The summed E-state index contributed by atoms with van der Waals surface area (Å²) in [5, 5.41) is 9.20. The van der Waals surface area contributed by atoms with E-state index in [0.29, 0.717) is 30.2 Å². The highest BCUT2D eigenvalue weighted by atomic mass is 32.2. The molecule has 2 aromatic heterocycles. The van der Waals surface area contributed by atoms with Gasteiger partial charge in [0.25, 0.3) is 5.91 Å². The molecule has 170 valence electrons. The first-order valence-corrected chi connectivity index (χ1v) is 11.7. The molecule has 3 heterocycles. The number of carbonyl (C=O) groups is 1. The first kappa shape index (κ1) is 22.2. The van der Waals surface area contributed by atoms with E-state index < -0.39 is 0 Å². The maximum Gasteiger partial charge on any atom is 0.251 e. The Morgan fingerprint density at radius 3 is 2.66 bits per heavy atom. The van der Waals surface area contributed by atoms with Gasteiger partial charge in [0.15, 0.2) is 22.3 Å². The highest BCUT2D eigenvalue weighted by Gasteiger charge is 2.21. The topological polar surface area (TPSA) is 94.4 Å². The molecule has 0 saturated carbocycles. The molecule has 1 fully saturated rings. The lowest BCUT2D eigenvalue weighted by atomic mass is 10.2. The van der Waals surface area contributed by atoms with E-state index in [-0.39, 0.29) is 5.91 Å². The number of ether oxygens (including phenoxy) is 2. The highest BCUT2D eigenvalue weighted by Crippen LogP contribution is 2.29. The molecule has 0 aliphatic carbocycles. The van der Waals surface area contributed by atoms with E-state index in [1.807, 2.05) is 10.9 Å². The predicted octanol–water partition coefficient (Wildman–Crippen LogP) is 2.99. The summed E-state index contributed by atoms with van der Waals surface area (Å²) in [4.78, 5) is 24.4. The van der Waals surface area contributed by atoms with Crippen molar-refractivity contribution < 1.29 is 14.3 Å². The van der Waals surface area contributed by atoms with E-state index in [1.165, 1.54) is 12.8 Å². The van der Waals surface area contributed by atoms with Crippen molar-refractivity contribution in [1.29, 1.82) is 0 Å². The molecule has 3 aromatic rings. The third-order valence-corrected chi connectivity index (χ3v) is 6.12. The molecule has 1 aromatic carbocycles. The van der Waals surface area contributed by atoms with Crippen molar-refractivity contribution >= 4 is 34.5 Å². The molecule has 0 atom stereocenters. The Morgan fingerprint density at radius 2 is 1.94 bits per heavy atom. The molecule has 10 heteroatoms. The number of thioether (sulfide) groups is 1. The summed E-state index contributed by atoms with van der Waals surface area (Å²) in [6.07, 6.45) is 4.19. The van der Waals surface area contributed by atoms with Crippen LogP contribution in [0, 0.1) is 0 Å². The molecule has 0 radical (unpaired) electrons. The lowest BCUT2D eigenvalue weighted by Crippen LogP contribution is -2.27. The van der Waals surface area contributed by atoms with Gasteiger partial charge in [-0.15, -0.1) is 0 Å². The van der Waals surface area contributed by atoms with Crippen LogP contribution >= 0.6 is 11.8 Å². The number of amides is 1. The van der Waals surface area contributed by atoms with Crippen LogP contribution in [0.15, 0.2) is 29.6 Å². The van der Waals surface area contributed by atoms with E-state index in [4.69, 9.17) is 19.4 Å². The Labute approximate surface area is 191 Å². The van der Waals surface area contributed by atoms with E-state index in [9.17, 15) is 4.79 Å². The number of hydrogen-bond acceptors (Lipinski definition) is 8. The van der Waals surface area contributed by atoms with E-state index in [0.717, 1.165) is 40.9 Å². The standard InChI is InChI=1S/C22H28N6O3S/c1-4-32-22-25-19(27-10-5-6-11-27)16-14-24-28(20(16)26-22)12-9-23-21(29)15-7-8-17(30-2)18(13-15)31-3/h7-8,13-14H,4-6,9-12H2,1-3H3,(H,23,29). The first-order chi connectivity index (χ1) is 15.6. The van der Waals surface area contributed by atoms with Crippen molar-refractivity contribution in [2.75, 3.05) is 44.5 Å². The van der Waals surface area contributed by atoms with Gasteiger partial charge in [-0.2, -0.15) is 5.10 Å². The second-order valence-corrected chi connectivity index (χ2v) is 8.62. The minimum Gasteiger partial charge on any atom is -0.493 e. The van der Waals surface area contributed by atoms with E-state index in [1.54, 1.807) is 44.2 Å². The monoisotopic (exact) mass is 456 g/mol. The Hall–Kier alpha value is -3.01. The first-order valence-electron chi connectivity index (χ1n) is 10.8. The summed E-state index contributed by atoms with van der Waals surface area (Å²) in [5.74, 6) is 2.79. The van der Waals surface area contributed by atoms with Gasteiger partial charge in [-0.05, 0) is 36.8 Å². The smallest absolute Gasteiger partial charge is 0.251 e. The minimum absolute atomic E-state index is 0.183. The van der Waals surface area contributed by atoms with Gasteiger partial charge < -0.3 is 19.7 Å². The summed E-state index contributed by atoms with van der Waals surface area (Å²) in [6, 6.07) is 5.10. The molecular formula is C22H28N6O3S. The molecule has 1 aliphatic rings. The van der Waals surface area contributed by atoms with E-state index >= 15 is 0 Å².